The number of hydrogen-bond acceptors (Lipinski definition) is 2. The summed E-state index contributed by atoms with van der Waals surface area (Å²) in [6.45, 7) is 3.70. The molecule has 0 aliphatic heterocycles. The van der Waals surface area contributed by atoms with E-state index in [0.29, 0.717) is 24.2 Å². The van der Waals surface area contributed by atoms with Gasteiger partial charge < -0.3 is 10.2 Å². The predicted octanol–water partition coefficient (Wildman–Crippen LogP) is 3.42. The number of nitrogens with one attached hydrogen (secondary N) is 1. The first-order valence-corrected chi connectivity index (χ1v) is 8.37. The Morgan fingerprint density at radius 1 is 1.08 bits per heavy atom. The maximum atomic E-state index is 13.7. The number of hydrogen-bond donors (Lipinski definition) is 1. The van der Waals surface area contributed by atoms with Gasteiger partial charge in [0.25, 0.3) is 0 Å². The van der Waals surface area contributed by atoms with Crippen LogP contribution >= 0.6 is 0 Å². The second-order valence-electron chi connectivity index (χ2n) is 5.88. The van der Waals surface area contributed by atoms with Gasteiger partial charge in [-0.1, -0.05) is 37.3 Å². The summed E-state index contributed by atoms with van der Waals surface area (Å²) in [5, 5.41) is 2.78. The summed E-state index contributed by atoms with van der Waals surface area (Å²) in [7, 11) is 0. The summed E-state index contributed by atoms with van der Waals surface area (Å²) in [5.41, 5.74) is 2.41. The molecular formula is C20H23FN2O2. The van der Waals surface area contributed by atoms with E-state index < -0.39 is 0 Å². The molecule has 0 aromatic heterocycles. The molecule has 25 heavy (non-hydrogen) atoms. The van der Waals surface area contributed by atoms with Crippen LogP contribution in [0.2, 0.25) is 0 Å². The topological polar surface area (TPSA) is 49.4 Å². The van der Waals surface area contributed by atoms with Gasteiger partial charge in [0.15, 0.2) is 0 Å². The van der Waals surface area contributed by atoms with Crippen molar-refractivity contribution in [2.75, 3.05) is 18.4 Å². The molecule has 0 spiro atoms. The second-order valence-corrected chi connectivity index (χ2v) is 5.88. The molecule has 0 fully saturated rings. The third-order valence-corrected chi connectivity index (χ3v) is 4.03. The van der Waals surface area contributed by atoms with E-state index in [1.807, 2.05) is 24.3 Å². The monoisotopic (exact) mass is 342 g/mol. The minimum atomic E-state index is -0.300. The van der Waals surface area contributed by atoms with Gasteiger partial charge in [0.2, 0.25) is 11.8 Å². The van der Waals surface area contributed by atoms with Gasteiger partial charge in [0, 0.05) is 19.2 Å². The lowest BCUT2D eigenvalue weighted by Gasteiger charge is -2.20. The first-order valence-electron chi connectivity index (χ1n) is 8.37. The molecule has 2 aromatic carbocycles. The van der Waals surface area contributed by atoms with Crippen molar-refractivity contribution >= 4 is 17.5 Å². The Kier molecular flexibility index (Phi) is 6.69. The zero-order valence-corrected chi connectivity index (χ0v) is 14.6. The van der Waals surface area contributed by atoms with Crippen molar-refractivity contribution in [3.05, 3.63) is 65.5 Å². The lowest BCUT2D eigenvalue weighted by molar-refractivity contribution is -0.132. The highest BCUT2D eigenvalue weighted by molar-refractivity contribution is 5.94. The summed E-state index contributed by atoms with van der Waals surface area (Å²) >= 11 is 0. The second kappa shape index (κ2) is 8.97. The number of anilines is 1. The van der Waals surface area contributed by atoms with Crippen LogP contribution in [0.1, 0.15) is 25.0 Å². The first kappa shape index (κ1) is 18.6. The summed E-state index contributed by atoms with van der Waals surface area (Å²) in [5.74, 6) is -0.785. The Morgan fingerprint density at radius 3 is 2.36 bits per heavy atom. The van der Waals surface area contributed by atoms with Crippen LogP contribution < -0.4 is 5.32 Å². The molecule has 0 heterocycles. The number of benzene rings is 2. The van der Waals surface area contributed by atoms with Crippen molar-refractivity contribution in [3.63, 3.8) is 0 Å². The minimum absolute atomic E-state index is 0.0562. The zero-order chi connectivity index (χ0) is 18.2. The average Bonchev–Trinajstić information content (AvgIpc) is 2.60. The maximum absolute atomic E-state index is 13.7. The third kappa shape index (κ3) is 5.71. The average molecular weight is 342 g/mol. The molecular weight excluding hydrogens is 319 g/mol. The molecule has 2 rings (SSSR count). The first-order chi connectivity index (χ1) is 12.0. The van der Waals surface area contributed by atoms with Crippen LogP contribution in [0.15, 0.2) is 48.5 Å². The van der Waals surface area contributed by atoms with Crippen molar-refractivity contribution in [2.24, 2.45) is 0 Å². The van der Waals surface area contributed by atoms with Crippen LogP contribution in [0.3, 0.4) is 0 Å². The summed E-state index contributed by atoms with van der Waals surface area (Å²) < 4.78 is 13.7. The number of halogens is 1. The van der Waals surface area contributed by atoms with Crippen molar-refractivity contribution in [2.45, 2.75) is 26.7 Å². The van der Waals surface area contributed by atoms with E-state index in [-0.39, 0.29) is 24.2 Å². The van der Waals surface area contributed by atoms with E-state index in [1.54, 1.807) is 18.2 Å². The van der Waals surface area contributed by atoms with Crippen LogP contribution in [-0.2, 0) is 22.4 Å². The van der Waals surface area contributed by atoms with Gasteiger partial charge in [-0.2, -0.15) is 0 Å². The molecule has 1 N–H and O–H groups in total. The van der Waals surface area contributed by atoms with E-state index in [1.165, 1.54) is 23.5 Å². The number of nitrogens with zero attached hydrogens (tertiary/aromatic N) is 1. The minimum Gasteiger partial charge on any atom is -0.333 e. The number of amides is 2. The highest BCUT2D eigenvalue weighted by atomic mass is 19.1. The molecule has 4 nitrogen and oxygen atoms in total. The Hall–Kier alpha value is -2.69. The molecule has 0 bridgehead atoms. The van der Waals surface area contributed by atoms with Crippen molar-refractivity contribution < 1.29 is 14.0 Å². The van der Waals surface area contributed by atoms with Gasteiger partial charge >= 0.3 is 0 Å². The Labute approximate surface area is 147 Å². The van der Waals surface area contributed by atoms with Crippen LogP contribution in [0.4, 0.5) is 10.1 Å². The van der Waals surface area contributed by atoms with Gasteiger partial charge in [0.1, 0.15) is 5.82 Å². The fourth-order valence-corrected chi connectivity index (χ4v) is 2.50. The molecule has 0 saturated heterocycles. The lowest BCUT2D eigenvalue weighted by atomic mass is 10.1. The fourth-order valence-electron chi connectivity index (χ4n) is 2.50. The Morgan fingerprint density at radius 2 is 1.76 bits per heavy atom. The SMILES string of the molecule is CCc1ccc(NC(=O)CN(CCc2ccccc2F)C(C)=O)cc1. The standard InChI is InChI=1S/C20H23FN2O2/c1-3-16-8-10-18(11-9-16)22-20(25)14-23(15(2)24)13-12-17-6-4-5-7-19(17)21/h4-11H,3,12-14H2,1-2H3,(H,22,25). The van der Waals surface area contributed by atoms with Crippen molar-refractivity contribution in [1.29, 1.82) is 0 Å². The predicted molar refractivity (Wildman–Crippen MR) is 96.8 cm³/mol. The van der Waals surface area contributed by atoms with Gasteiger partial charge in [-0.15, -0.1) is 0 Å². The van der Waals surface area contributed by atoms with Crippen LogP contribution in [-0.4, -0.2) is 29.8 Å². The smallest absolute Gasteiger partial charge is 0.243 e. The molecule has 0 unspecified atom stereocenters. The molecule has 0 aliphatic carbocycles. The number of carbonyl (C=O) groups is 2. The van der Waals surface area contributed by atoms with E-state index in [2.05, 4.69) is 12.2 Å². The lowest BCUT2D eigenvalue weighted by Crippen LogP contribution is -2.38. The molecule has 0 aliphatic rings. The summed E-state index contributed by atoms with van der Waals surface area (Å²) in [6, 6.07) is 14.0. The van der Waals surface area contributed by atoms with E-state index >= 15 is 0 Å². The normalized spacial score (nSPS) is 10.4. The van der Waals surface area contributed by atoms with Crippen LogP contribution in [0.25, 0.3) is 0 Å². The molecule has 2 amide bonds. The molecule has 2 aromatic rings. The third-order valence-electron chi connectivity index (χ3n) is 4.03. The number of carbonyl (C=O) groups excluding carboxylic acids is 2. The van der Waals surface area contributed by atoms with E-state index in [4.69, 9.17) is 0 Å². The molecule has 0 radical (unpaired) electrons. The quantitative estimate of drug-likeness (QED) is 0.838. The van der Waals surface area contributed by atoms with Crippen LogP contribution in [0.5, 0.6) is 0 Å². The van der Waals surface area contributed by atoms with E-state index in [0.717, 1.165) is 6.42 Å². The molecule has 0 atom stereocenters. The van der Waals surface area contributed by atoms with Gasteiger partial charge in [-0.25, -0.2) is 4.39 Å². The molecule has 132 valence electrons. The summed E-state index contributed by atoms with van der Waals surface area (Å²) in [4.78, 5) is 25.4. The van der Waals surface area contributed by atoms with Crippen molar-refractivity contribution in [3.8, 4) is 0 Å². The van der Waals surface area contributed by atoms with Crippen LogP contribution in [0, 0.1) is 5.82 Å². The van der Waals surface area contributed by atoms with E-state index in [9.17, 15) is 14.0 Å². The number of aryl methyl sites for hydroxylation is 1. The molecule has 0 saturated carbocycles. The Balaban J connectivity index is 1.92. The fraction of sp³-hybridized carbons (Fsp3) is 0.300. The maximum Gasteiger partial charge on any atom is 0.243 e. The van der Waals surface area contributed by atoms with Gasteiger partial charge in [0.05, 0.1) is 6.54 Å². The highest BCUT2D eigenvalue weighted by Crippen LogP contribution is 2.11. The largest absolute Gasteiger partial charge is 0.333 e. The van der Waals surface area contributed by atoms with Gasteiger partial charge in [-0.05, 0) is 42.2 Å². The molecule has 5 heteroatoms. The highest BCUT2D eigenvalue weighted by Gasteiger charge is 2.14. The van der Waals surface area contributed by atoms with Gasteiger partial charge in [-0.3, -0.25) is 9.59 Å². The Bertz CT molecular complexity index is 729. The number of rotatable bonds is 7. The van der Waals surface area contributed by atoms with Crippen molar-refractivity contribution in [1.82, 2.24) is 4.90 Å². The zero-order valence-electron chi connectivity index (χ0n) is 14.6. The summed E-state index contributed by atoms with van der Waals surface area (Å²) in [6.07, 6.45) is 1.30.